The normalized spacial score (nSPS) is 16.9. The van der Waals surface area contributed by atoms with Crippen molar-refractivity contribution in [1.82, 2.24) is 9.62 Å². The van der Waals surface area contributed by atoms with Gasteiger partial charge < -0.3 is 5.32 Å². The molecule has 162 valence electrons. The average molecular weight is 433 g/mol. The second-order valence-corrected chi connectivity index (χ2v) is 9.82. The summed E-state index contributed by atoms with van der Waals surface area (Å²) in [4.78, 5) is 12.7. The van der Waals surface area contributed by atoms with Gasteiger partial charge >= 0.3 is 0 Å². The number of benzene rings is 2. The van der Waals surface area contributed by atoms with Gasteiger partial charge in [-0.1, -0.05) is 49.4 Å². The minimum atomic E-state index is -3.62. The Balaban J connectivity index is 1.54. The second kappa shape index (κ2) is 9.71. The lowest BCUT2D eigenvalue weighted by Gasteiger charge is -2.31. The predicted octanol–water partition coefficient (Wildman–Crippen LogP) is 3.81. The summed E-state index contributed by atoms with van der Waals surface area (Å²) < 4.78 is 40.5. The molecule has 0 bridgehead atoms. The molecular weight excluding hydrogens is 403 g/mol. The highest BCUT2D eigenvalue weighted by atomic mass is 32.2. The van der Waals surface area contributed by atoms with Crippen LogP contribution in [0.25, 0.3) is 0 Å². The van der Waals surface area contributed by atoms with E-state index in [0.29, 0.717) is 12.8 Å². The average Bonchev–Trinajstić information content (AvgIpc) is 2.75. The molecule has 1 aliphatic heterocycles. The molecule has 0 saturated carbocycles. The first-order valence-electron chi connectivity index (χ1n) is 10.4. The second-order valence-electron chi connectivity index (χ2n) is 7.85. The summed E-state index contributed by atoms with van der Waals surface area (Å²) in [6.07, 6.45) is 1.90. The fraction of sp³-hybridized carbons (Fsp3) is 0.435. The number of rotatable bonds is 7. The highest BCUT2D eigenvalue weighted by molar-refractivity contribution is 7.88. The fourth-order valence-electron chi connectivity index (χ4n) is 3.76. The van der Waals surface area contributed by atoms with Crippen molar-refractivity contribution >= 4 is 15.9 Å². The van der Waals surface area contributed by atoms with Crippen LogP contribution in [0.1, 0.15) is 49.4 Å². The van der Waals surface area contributed by atoms with Gasteiger partial charge in [0.05, 0.1) is 11.8 Å². The van der Waals surface area contributed by atoms with Crippen molar-refractivity contribution in [3.05, 3.63) is 71.0 Å². The fourth-order valence-corrected chi connectivity index (χ4v) is 5.33. The summed E-state index contributed by atoms with van der Waals surface area (Å²) >= 11 is 0. The molecular formula is C23H29FN2O3S. The highest BCUT2D eigenvalue weighted by Crippen LogP contribution is 2.24. The smallest absolute Gasteiger partial charge is 0.223 e. The van der Waals surface area contributed by atoms with Crippen LogP contribution >= 0.6 is 0 Å². The van der Waals surface area contributed by atoms with Crippen LogP contribution in [-0.4, -0.2) is 31.7 Å². The van der Waals surface area contributed by atoms with Crippen LogP contribution < -0.4 is 5.32 Å². The van der Waals surface area contributed by atoms with Crippen LogP contribution in [-0.2, 0) is 27.0 Å². The van der Waals surface area contributed by atoms with Gasteiger partial charge in [0.15, 0.2) is 0 Å². The summed E-state index contributed by atoms with van der Waals surface area (Å²) in [6.45, 7) is 4.60. The Kier molecular flexibility index (Phi) is 7.26. The molecule has 1 N–H and O–H groups in total. The number of nitrogens with one attached hydrogen (secondary N) is 1. The van der Waals surface area contributed by atoms with Gasteiger partial charge in [-0.05, 0) is 43.4 Å². The van der Waals surface area contributed by atoms with Gasteiger partial charge in [-0.3, -0.25) is 4.79 Å². The Hall–Kier alpha value is -2.25. The molecule has 5 nitrogen and oxygen atoms in total. The molecule has 3 rings (SSSR count). The zero-order valence-corrected chi connectivity index (χ0v) is 18.3. The van der Waals surface area contributed by atoms with Crippen LogP contribution in [0.5, 0.6) is 0 Å². The Morgan fingerprint density at radius 1 is 1.13 bits per heavy atom. The molecule has 1 fully saturated rings. The Morgan fingerprint density at radius 2 is 1.77 bits per heavy atom. The molecule has 1 aliphatic rings. The van der Waals surface area contributed by atoms with E-state index < -0.39 is 15.8 Å². The van der Waals surface area contributed by atoms with Gasteiger partial charge in [0.2, 0.25) is 15.9 Å². The molecule has 0 spiro atoms. The molecule has 1 amide bonds. The number of piperidine rings is 1. The van der Waals surface area contributed by atoms with E-state index in [-0.39, 0.29) is 42.3 Å². The lowest BCUT2D eigenvalue weighted by atomic mass is 9.96. The van der Waals surface area contributed by atoms with E-state index in [4.69, 9.17) is 0 Å². The summed E-state index contributed by atoms with van der Waals surface area (Å²) in [7, 11) is -3.62. The molecule has 1 heterocycles. The van der Waals surface area contributed by atoms with E-state index in [9.17, 15) is 17.6 Å². The molecule has 0 radical (unpaired) electrons. The lowest BCUT2D eigenvalue weighted by Crippen LogP contribution is -2.43. The summed E-state index contributed by atoms with van der Waals surface area (Å²) in [5, 5.41) is 3.05. The summed E-state index contributed by atoms with van der Waals surface area (Å²) in [5.74, 6) is -1.15. The molecule has 30 heavy (non-hydrogen) atoms. The number of halogens is 1. The number of aryl methyl sites for hydroxylation is 1. The van der Waals surface area contributed by atoms with Gasteiger partial charge in [-0.15, -0.1) is 0 Å². The van der Waals surface area contributed by atoms with Crippen molar-refractivity contribution in [2.45, 2.75) is 44.9 Å². The van der Waals surface area contributed by atoms with Crippen molar-refractivity contribution in [2.75, 3.05) is 13.1 Å². The summed E-state index contributed by atoms with van der Waals surface area (Å²) in [6, 6.07) is 14.0. The number of nitrogens with zero attached hydrogens (tertiary/aromatic N) is 1. The van der Waals surface area contributed by atoms with Crippen LogP contribution in [0.2, 0.25) is 0 Å². The van der Waals surface area contributed by atoms with Crippen LogP contribution in [0.4, 0.5) is 4.39 Å². The van der Waals surface area contributed by atoms with Crippen LogP contribution in [0, 0.1) is 11.7 Å². The zero-order valence-electron chi connectivity index (χ0n) is 17.5. The standard InChI is InChI=1S/C23H29FN2O3S/c1-3-18-8-10-19(11-9-18)17(2)25-23(27)20-12-14-26(15-13-20)30(28,29)16-21-6-4-5-7-22(21)24/h4-11,17,20H,3,12-16H2,1-2H3,(H,25,27)/t17-/m0/s1. The lowest BCUT2D eigenvalue weighted by molar-refractivity contribution is -0.126. The SMILES string of the molecule is CCc1ccc([C@H](C)NC(=O)C2CCN(S(=O)(=O)Cc3ccccc3F)CC2)cc1. The molecule has 2 aromatic rings. The monoisotopic (exact) mass is 432 g/mol. The molecule has 2 aromatic carbocycles. The number of amides is 1. The zero-order chi connectivity index (χ0) is 21.7. The van der Waals surface area contributed by atoms with Gasteiger partial charge in [-0.2, -0.15) is 0 Å². The maximum atomic E-state index is 13.8. The first-order chi connectivity index (χ1) is 14.3. The van der Waals surface area contributed by atoms with Crippen molar-refractivity contribution in [2.24, 2.45) is 5.92 Å². The Labute approximate surface area is 178 Å². The number of hydrogen-bond acceptors (Lipinski definition) is 3. The van der Waals surface area contributed by atoms with Crippen molar-refractivity contribution in [1.29, 1.82) is 0 Å². The molecule has 0 unspecified atom stereocenters. The number of hydrogen-bond donors (Lipinski definition) is 1. The number of carbonyl (C=O) groups is 1. The van der Waals surface area contributed by atoms with Crippen molar-refractivity contribution in [3.63, 3.8) is 0 Å². The maximum absolute atomic E-state index is 13.8. The van der Waals surface area contributed by atoms with E-state index in [1.54, 1.807) is 6.07 Å². The van der Waals surface area contributed by atoms with Crippen LogP contribution in [0.15, 0.2) is 48.5 Å². The molecule has 0 aliphatic carbocycles. The first-order valence-corrected chi connectivity index (χ1v) is 12.0. The number of carbonyl (C=O) groups excluding carboxylic acids is 1. The Morgan fingerprint density at radius 3 is 2.37 bits per heavy atom. The molecule has 0 aromatic heterocycles. The summed E-state index contributed by atoms with van der Waals surface area (Å²) in [5.41, 5.74) is 2.46. The Bertz CT molecular complexity index is 968. The van der Waals surface area contributed by atoms with Gasteiger partial charge in [0.1, 0.15) is 5.82 Å². The van der Waals surface area contributed by atoms with E-state index in [2.05, 4.69) is 24.4 Å². The first kappa shape index (κ1) is 22.4. The predicted molar refractivity (Wildman–Crippen MR) is 116 cm³/mol. The van der Waals surface area contributed by atoms with E-state index in [1.165, 1.54) is 28.1 Å². The minimum absolute atomic E-state index is 0.0479. The molecule has 7 heteroatoms. The van der Waals surface area contributed by atoms with Gasteiger partial charge in [0.25, 0.3) is 0 Å². The highest BCUT2D eigenvalue weighted by Gasteiger charge is 2.32. The number of sulfonamides is 1. The van der Waals surface area contributed by atoms with Crippen LogP contribution in [0.3, 0.4) is 0 Å². The van der Waals surface area contributed by atoms with Crippen molar-refractivity contribution in [3.8, 4) is 0 Å². The minimum Gasteiger partial charge on any atom is -0.349 e. The van der Waals surface area contributed by atoms with Gasteiger partial charge in [0, 0.05) is 24.6 Å². The third kappa shape index (κ3) is 5.46. The largest absolute Gasteiger partial charge is 0.349 e. The molecule has 1 atom stereocenters. The van der Waals surface area contributed by atoms with Crippen molar-refractivity contribution < 1.29 is 17.6 Å². The molecule has 1 saturated heterocycles. The van der Waals surface area contributed by atoms with E-state index in [0.717, 1.165) is 12.0 Å². The maximum Gasteiger partial charge on any atom is 0.223 e. The third-order valence-electron chi connectivity index (χ3n) is 5.76. The third-order valence-corrected chi connectivity index (χ3v) is 7.59. The van der Waals surface area contributed by atoms with Gasteiger partial charge in [-0.25, -0.2) is 17.1 Å². The van der Waals surface area contributed by atoms with E-state index in [1.807, 2.05) is 19.1 Å². The topological polar surface area (TPSA) is 66.5 Å². The van der Waals surface area contributed by atoms with E-state index >= 15 is 0 Å². The quantitative estimate of drug-likeness (QED) is 0.724.